The molecule has 12 heteroatoms. The van der Waals surface area contributed by atoms with Crippen molar-refractivity contribution in [2.45, 2.75) is 45.8 Å². The SMILES string of the molecule is CCC(C)NC(=O)C(C)N(Cc1ccc(Br)cc1)C(=O)CN(c1cccc([N+](=O)[O-])c1)S(C)(=O)=O. The number of nitrogens with zero attached hydrogens (tertiary/aromatic N) is 3. The Morgan fingerprint density at radius 2 is 1.77 bits per heavy atom. The first-order valence-corrected chi connectivity index (χ1v) is 13.5. The van der Waals surface area contributed by atoms with Crippen LogP contribution >= 0.6 is 15.9 Å². The van der Waals surface area contributed by atoms with Crippen molar-refractivity contribution >= 4 is 49.1 Å². The van der Waals surface area contributed by atoms with Crippen LogP contribution in [0.25, 0.3) is 0 Å². The molecule has 0 radical (unpaired) electrons. The zero-order valence-electron chi connectivity index (χ0n) is 20.0. The molecular formula is C23H29BrN4O6S. The van der Waals surface area contributed by atoms with Gasteiger partial charge in [0.15, 0.2) is 0 Å². The minimum absolute atomic E-state index is 0.0182. The van der Waals surface area contributed by atoms with Crippen LogP contribution in [-0.4, -0.2) is 54.9 Å². The fraction of sp³-hybridized carbons (Fsp3) is 0.391. The molecule has 10 nitrogen and oxygen atoms in total. The summed E-state index contributed by atoms with van der Waals surface area (Å²) in [6.07, 6.45) is 1.62. The summed E-state index contributed by atoms with van der Waals surface area (Å²) in [5.41, 5.74) is 0.415. The normalized spacial score (nSPS) is 12.9. The Balaban J connectivity index is 2.41. The maximum Gasteiger partial charge on any atom is 0.271 e. The third-order valence-electron chi connectivity index (χ3n) is 5.44. The van der Waals surface area contributed by atoms with Gasteiger partial charge in [0.25, 0.3) is 5.69 Å². The molecule has 0 aliphatic heterocycles. The van der Waals surface area contributed by atoms with E-state index in [1.54, 1.807) is 31.2 Å². The second-order valence-corrected chi connectivity index (χ2v) is 11.0. The lowest BCUT2D eigenvalue weighted by Crippen LogP contribution is -2.52. The fourth-order valence-corrected chi connectivity index (χ4v) is 4.32. The van der Waals surface area contributed by atoms with Crippen molar-refractivity contribution in [1.29, 1.82) is 0 Å². The lowest BCUT2D eigenvalue weighted by atomic mass is 10.1. The van der Waals surface area contributed by atoms with Crippen molar-refractivity contribution in [3.63, 3.8) is 0 Å². The van der Waals surface area contributed by atoms with Gasteiger partial charge in [-0.1, -0.05) is 41.1 Å². The maximum atomic E-state index is 13.5. The number of nitro groups is 1. The average Bonchev–Trinajstić information content (AvgIpc) is 2.80. The number of halogens is 1. The van der Waals surface area contributed by atoms with E-state index in [1.807, 2.05) is 13.8 Å². The van der Waals surface area contributed by atoms with Crippen molar-refractivity contribution in [1.82, 2.24) is 10.2 Å². The smallest absolute Gasteiger partial charge is 0.271 e. The molecular weight excluding hydrogens is 540 g/mol. The topological polar surface area (TPSA) is 130 Å². The molecule has 0 saturated heterocycles. The Morgan fingerprint density at radius 1 is 1.14 bits per heavy atom. The summed E-state index contributed by atoms with van der Waals surface area (Å²) in [4.78, 5) is 38.1. The van der Waals surface area contributed by atoms with E-state index in [1.165, 1.54) is 23.1 Å². The molecule has 0 aliphatic carbocycles. The molecule has 2 aromatic carbocycles. The number of hydrogen-bond acceptors (Lipinski definition) is 6. The summed E-state index contributed by atoms with van der Waals surface area (Å²) in [6.45, 7) is 4.78. The number of nitro benzene ring substituents is 1. The molecule has 190 valence electrons. The van der Waals surface area contributed by atoms with E-state index < -0.39 is 33.4 Å². The van der Waals surface area contributed by atoms with Crippen LogP contribution in [0.5, 0.6) is 0 Å². The number of hydrogen-bond donors (Lipinski definition) is 1. The highest BCUT2D eigenvalue weighted by Gasteiger charge is 2.30. The summed E-state index contributed by atoms with van der Waals surface area (Å²) >= 11 is 3.36. The van der Waals surface area contributed by atoms with E-state index in [0.717, 1.165) is 26.7 Å². The second-order valence-electron chi connectivity index (χ2n) is 8.19. The van der Waals surface area contributed by atoms with Gasteiger partial charge in [0.2, 0.25) is 21.8 Å². The van der Waals surface area contributed by atoms with Crippen LogP contribution in [0.15, 0.2) is 53.0 Å². The maximum absolute atomic E-state index is 13.5. The molecule has 2 amide bonds. The van der Waals surface area contributed by atoms with Gasteiger partial charge in [-0.05, 0) is 44.0 Å². The van der Waals surface area contributed by atoms with E-state index >= 15 is 0 Å². The third-order valence-corrected chi connectivity index (χ3v) is 7.11. The minimum Gasteiger partial charge on any atom is -0.352 e. The molecule has 35 heavy (non-hydrogen) atoms. The van der Waals surface area contributed by atoms with Crippen LogP contribution in [-0.2, 0) is 26.2 Å². The highest BCUT2D eigenvalue weighted by atomic mass is 79.9. The Labute approximate surface area is 213 Å². The molecule has 2 atom stereocenters. The van der Waals surface area contributed by atoms with Gasteiger partial charge in [0.05, 0.1) is 16.9 Å². The number of nitrogens with one attached hydrogen (secondary N) is 1. The Bertz CT molecular complexity index is 1170. The first kappa shape index (κ1) is 28.2. The van der Waals surface area contributed by atoms with Gasteiger partial charge >= 0.3 is 0 Å². The van der Waals surface area contributed by atoms with Gasteiger partial charge in [0.1, 0.15) is 12.6 Å². The van der Waals surface area contributed by atoms with Crippen LogP contribution in [0, 0.1) is 10.1 Å². The molecule has 0 bridgehead atoms. The van der Waals surface area contributed by atoms with Crippen molar-refractivity contribution in [2.24, 2.45) is 0 Å². The van der Waals surface area contributed by atoms with E-state index in [4.69, 9.17) is 0 Å². The second kappa shape index (κ2) is 12.1. The van der Waals surface area contributed by atoms with Crippen LogP contribution in [0.1, 0.15) is 32.8 Å². The number of carbonyl (C=O) groups is 2. The van der Waals surface area contributed by atoms with E-state index in [-0.39, 0.29) is 29.9 Å². The average molecular weight is 569 g/mol. The molecule has 0 saturated carbocycles. The first-order valence-electron chi connectivity index (χ1n) is 10.9. The lowest BCUT2D eigenvalue weighted by Gasteiger charge is -2.32. The standard InChI is InChI=1S/C23H29BrN4O6S/c1-5-16(2)25-23(30)17(3)26(14-18-9-11-19(24)12-10-18)22(29)15-27(35(4,33)34)20-7-6-8-21(13-20)28(31)32/h6-13,16-17H,5,14-15H2,1-4H3,(H,25,30). The van der Waals surface area contributed by atoms with Crippen molar-refractivity contribution in [3.05, 3.63) is 68.7 Å². The number of benzene rings is 2. The number of rotatable bonds is 11. The molecule has 2 rings (SSSR count). The molecule has 2 aromatic rings. The Kier molecular flexibility index (Phi) is 9.78. The predicted molar refractivity (Wildman–Crippen MR) is 137 cm³/mol. The zero-order chi connectivity index (χ0) is 26.3. The van der Waals surface area contributed by atoms with Crippen LogP contribution in [0.2, 0.25) is 0 Å². The van der Waals surface area contributed by atoms with Gasteiger partial charge < -0.3 is 10.2 Å². The van der Waals surface area contributed by atoms with E-state index in [0.29, 0.717) is 6.42 Å². The van der Waals surface area contributed by atoms with Crippen LogP contribution in [0.4, 0.5) is 11.4 Å². The first-order chi connectivity index (χ1) is 16.3. The number of amides is 2. The van der Waals surface area contributed by atoms with Crippen LogP contribution < -0.4 is 9.62 Å². The van der Waals surface area contributed by atoms with Crippen LogP contribution in [0.3, 0.4) is 0 Å². The summed E-state index contributed by atoms with van der Waals surface area (Å²) < 4.78 is 26.8. The van der Waals surface area contributed by atoms with Crippen molar-refractivity contribution in [2.75, 3.05) is 17.1 Å². The molecule has 0 fully saturated rings. The van der Waals surface area contributed by atoms with Gasteiger partial charge in [-0.15, -0.1) is 0 Å². The van der Waals surface area contributed by atoms with Gasteiger partial charge in [-0.2, -0.15) is 0 Å². The van der Waals surface area contributed by atoms with Gasteiger partial charge in [0, 0.05) is 29.2 Å². The number of carbonyl (C=O) groups excluding carboxylic acids is 2. The monoisotopic (exact) mass is 568 g/mol. The number of sulfonamides is 1. The van der Waals surface area contributed by atoms with E-state index in [9.17, 15) is 28.1 Å². The molecule has 0 spiro atoms. The van der Waals surface area contributed by atoms with Gasteiger partial charge in [-0.3, -0.25) is 24.0 Å². The largest absolute Gasteiger partial charge is 0.352 e. The molecule has 0 heterocycles. The molecule has 0 aromatic heterocycles. The molecule has 0 aliphatic rings. The molecule has 2 unspecified atom stereocenters. The summed E-state index contributed by atoms with van der Waals surface area (Å²) in [5, 5.41) is 14.0. The van der Waals surface area contributed by atoms with Gasteiger partial charge in [-0.25, -0.2) is 8.42 Å². The Morgan fingerprint density at radius 3 is 2.31 bits per heavy atom. The summed E-state index contributed by atoms with van der Waals surface area (Å²) in [6, 6.07) is 11.2. The quantitative estimate of drug-likeness (QED) is 0.326. The predicted octanol–water partition coefficient (Wildman–Crippen LogP) is 3.46. The lowest BCUT2D eigenvalue weighted by molar-refractivity contribution is -0.384. The third kappa shape index (κ3) is 8.03. The molecule has 1 N–H and O–H groups in total. The van der Waals surface area contributed by atoms with Crippen molar-refractivity contribution < 1.29 is 22.9 Å². The van der Waals surface area contributed by atoms with Crippen molar-refractivity contribution in [3.8, 4) is 0 Å². The number of non-ortho nitro benzene ring substituents is 1. The highest BCUT2D eigenvalue weighted by Crippen LogP contribution is 2.24. The summed E-state index contributed by atoms with van der Waals surface area (Å²) in [5.74, 6) is -0.997. The summed E-state index contributed by atoms with van der Waals surface area (Å²) in [7, 11) is -3.98. The zero-order valence-corrected chi connectivity index (χ0v) is 22.4. The minimum atomic E-state index is -3.98. The number of anilines is 1. The fourth-order valence-electron chi connectivity index (χ4n) is 3.21. The van der Waals surface area contributed by atoms with E-state index in [2.05, 4.69) is 21.2 Å². The highest BCUT2D eigenvalue weighted by molar-refractivity contribution is 9.10. The Hall–Kier alpha value is -2.99.